The second kappa shape index (κ2) is 6.95. The molecule has 0 saturated carbocycles. The number of hydrazone groups is 1. The molecule has 6 nitrogen and oxygen atoms in total. The van der Waals surface area contributed by atoms with Crippen LogP contribution >= 0.6 is 0 Å². The van der Waals surface area contributed by atoms with E-state index < -0.39 is 23.1 Å². The summed E-state index contributed by atoms with van der Waals surface area (Å²) >= 11 is 0. The highest BCUT2D eigenvalue weighted by molar-refractivity contribution is 6.45. The lowest BCUT2D eigenvalue weighted by atomic mass is 10.0. The van der Waals surface area contributed by atoms with Gasteiger partial charge in [0.15, 0.2) is 11.6 Å². The quantitative estimate of drug-likeness (QED) is 0.340. The topological polar surface area (TPSA) is 115 Å². The summed E-state index contributed by atoms with van der Waals surface area (Å²) in [4.78, 5) is 12.5. The maximum Gasteiger partial charge on any atom is 0.201 e. The zero-order chi connectivity index (χ0) is 16.8. The van der Waals surface area contributed by atoms with Crippen LogP contribution in [0.15, 0.2) is 53.6 Å². The fourth-order valence-electron chi connectivity index (χ4n) is 1.83. The predicted octanol–water partition coefficient (Wildman–Crippen LogP) is 2.28. The molecule has 0 radical (unpaired) electrons. The monoisotopic (exact) mass is 309 g/mol. The molecule has 0 unspecified atom stereocenters. The Kier molecular flexibility index (Phi) is 4.79. The number of nitrogens with zero attached hydrogens (tertiary/aromatic N) is 2. The van der Waals surface area contributed by atoms with Crippen molar-refractivity contribution in [3.05, 3.63) is 65.5 Å². The minimum Gasteiger partial charge on any atom is -0.382 e. The fraction of sp³-hybridized carbons (Fsp3) is 0. The van der Waals surface area contributed by atoms with Crippen LogP contribution in [-0.4, -0.2) is 17.3 Å². The second-order valence-corrected chi connectivity index (χ2v) is 4.46. The number of para-hydroxylation sites is 1. The van der Waals surface area contributed by atoms with Crippen molar-refractivity contribution in [1.82, 2.24) is 0 Å². The molecule has 7 heteroatoms. The molecule has 2 aromatic carbocycles. The molecule has 2 rings (SSSR count). The van der Waals surface area contributed by atoms with E-state index in [1.54, 1.807) is 36.4 Å². The smallest absolute Gasteiger partial charge is 0.201 e. The number of anilines is 1. The molecule has 0 heterocycles. The van der Waals surface area contributed by atoms with Gasteiger partial charge in [0.1, 0.15) is 17.6 Å². The average Bonchev–Trinajstić information content (AvgIpc) is 2.56. The maximum atomic E-state index is 14.0. The molecule has 0 amide bonds. The number of carbonyl (C=O) groups is 1. The van der Waals surface area contributed by atoms with E-state index in [2.05, 4.69) is 10.5 Å². The number of rotatable bonds is 5. The molecule has 0 aliphatic heterocycles. The lowest BCUT2D eigenvalue weighted by Gasteiger charge is -2.09. The summed E-state index contributed by atoms with van der Waals surface area (Å²) in [5.74, 6) is -1.67. The number of benzene rings is 2. The Hall–Kier alpha value is -3.53. The third-order valence-corrected chi connectivity index (χ3v) is 2.93. The molecule has 0 fully saturated rings. The van der Waals surface area contributed by atoms with Crippen molar-refractivity contribution in [1.29, 1.82) is 10.7 Å². The van der Waals surface area contributed by atoms with E-state index in [0.29, 0.717) is 5.56 Å². The Morgan fingerprint density at radius 1 is 1.22 bits per heavy atom. The Morgan fingerprint density at radius 3 is 2.52 bits per heavy atom. The van der Waals surface area contributed by atoms with E-state index in [1.807, 2.05) is 0 Å². The number of carbonyl (C=O) groups excluding carboxylic acids is 1. The summed E-state index contributed by atoms with van der Waals surface area (Å²) in [5.41, 5.74) is 7.33. The largest absolute Gasteiger partial charge is 0.382 e. The number of ketones is 1. The van der Waals surface area contributed by atoms with Gasteiger partial charge in [-0.05, 0) is 12.1 Å². The third-order valence-electron chi connectivity index (χ3n) is 2.93. The molecule has 0 spiro atoms. The number of nitrogens with one attached hydrogen (secondary N) is 2. The Bertz CT molecular complexity index is 824. The highest BCUT2D eigenvalue weighted by atomic mass is 19.1. The van der Waals surface area contributed by atoms with Gasteiger partial charge in [-0.25, -0.2) is 4.39 Å². The summed E-state index contributed by atoms with van der Waals surface area (Å²) in [5, 5.41) is 19.5. The average molecular weight is 309 g/mol. The highest BCUT2D eigenvalue weighted by Crippen LogP contribution is 2.23. The molecule has 114 valence electrons. The van der Waals surface area contributed by atoms with Gasteiger partial charge in [0.2, 0.25) is 5.71 Å². The van der Waals surface area contributed by atoms with E-state index >= 15 is 0 Å². The van der Waals surface area contributed by atoms with Crippen LogP contribution in [0.2, 0.25) is 0 Å². The van der Waals surface area contributed by atoms with Gasteiger partial charge >= 0.3 is 0 Å². The first-order chi connectivity index (χ1) is 11.0. The normalized spacial score (nSPS) is 10.7. The van der Waals surface area contributed by atoms with Crippen molar-refractivity contribution >= 4 is 23.0 Å². The van der Waals surface area contributed by atoms with Gasteiger partial charge in [0.25, 0.3) is 0 Å². The minimum atomic E-state index is -0.712. The number of hydrogen-bond donors (Lipinski definition) is 3. The van der Waals surface area contributed by atoms with Gasteiger partial charge in [0, 0.05) is 5.56 Å². The van der Waals surface area contributed by atoms with Gasteiger partial charge in [-0.2, -0.15) is 10.4 Å². The SMILES string of the molecule is N#C/C(=N\Nc1c(F)cccc1C(=O)c1ccccc1)C(=N)N. The predicted molar refractivity (Wildman–Crippen MR) is 84.9 cm³/mol. The van der Waals surface area contributed by atoms with Crippen LogP contribution in [0.3, 0.4) is 0 Å². The number of hydrogen-bond acceptors (Lipinski definition) is 5. The van der Waals surface area contributed by atoms with Gasteiger partial charge in [-0.15, -0.1) is 0 Å². The summed E-state index contributed by atoms with van der Waals surface area (Å²) in [6, 6.07) is 14.0. The molecule has 0 aliphatic carbocycles. The molecule has 2 aromatic rings. The zero-order valence-corrected chi connectivity index (χ0v) is 11.9. The van der Waals surface area contributed by atoms with Crippen LogP contribution in [0.25, 0.3) is 0 Å². The van der Waals surface area contributed by atoms with Crippen molar-refractivity contribution in [3.8, 4) is 6.07 Å². The van der Waals surface area contributed by atoms with E-state index in [1.165, 1.54) is 12.1 Å². The second-order valence-electron chi connectivity index (χ2n) is 4.46. The first-order valence-electron chi connectivity index (χ1n) is 6.51. The van der Waals surface area contributed by atoms with Gasteiger partial charge < -0.3 is 5.73 Å². The van der Waals surface area contributed by atoms with E-state index in [-0.39, 0.29) is 11.3 Å². The van der Waals surface area contributed by atoms with Crippen molar-refractivity contribution < 1.29 is 9.18 Å². The minimum absolute atomic E-state index is 0.0563. The number of amidine groups is 1. The van der Waals surface area contributed by atoms with Crippen LogP contribution < -0.4 is 11.2 Å². The zero-order valence-electron chi connectivity index (χ0n) is 11.9. The van der Waals surface area contributed by atoms with Crippen LogP contribution in [0.4, 0.5) is 10.1 Å². The van der Waals surface area contributed by atoms with E-state index in [9.17, 15) is 9.18 Å². The maximum absolute atomic E-state index is 14.0. The molecule has 0 atom stereocenters. The van der Waals surface area contributed by atoms with Crippen molar-refractivity contribution in [2.45, 2.75) is 0 Å². The third kappa shape index (κ3) is 3.57. The first kappa shape index (κ1) is 15.9. The van der Waals surface area contributed by atoms with Crippen LogP contribution in [-0.2, 0) is 0 Å². The van der Waals surface area contributed by atoms with Crippen LogP contribution in [0, 0.1) is 22.6 Å². The summed E-state index contributed by atoms with van der Waals surface area (Å²) < 4.78 is 14.0. The summed E-state index contributed by atoms with van der Waals surface area (Å²) in [6.45, 7) is 0. The molecular weight excluding hydrogens is 297 g/mol. The van der Waals surface area contributed by atoms with Gasteiger partial charge in [0.05, 0.1) is 5.56 Å². The molecular formula is C16H12FN5O. The lowest BCUT2D eigenvalue weighted by Crippen LogP contribution is -2.22. The van der Waals surface area contributed by atoms with Crippen LogP contribution in [0.1, 0.15) is 15.9 Å². The van der Waals surface area contributed by atoms with E-state index in [4.69, 9.17) is 16.4 Å². The van der Waals surface area contributed by atoms with Crippen LogP contribution in [0.5, 0.6) is 0 Å². The Morgan fingerprint density at radius 2 is 1.91 bits per heavy atom. The highest BCUT2D eigenvalue weighted by Gasteiger charge is 2.17. The summed E-state index contributed by atoms with van der Waals surface area (Å²) in [7, 11) is 0. The Balaban J connectivity index is 2.44. The van der Waals surface area contributed by atoms with Crippen molar-refractivity contribution in [3.63, 3.8) is 0 Å². The fourth-order valence-corrected chi connectivity index (χ4v) is 1.83. The molecule has 0 aromatic heterocycles. The van der Waals surface area contributed by atoms with Crippen molar-refractivity contribution in [2.24, 2.45) is 10.8 Å². The molecule has 4 N–H and O–H groups in total. The summed E-state index contributed by atoms with van der Waals surface area (Å²) in [6.07, 6.45) is 0. The van der Waals surface area contributed by atoms with Gasteiger partial charge in [-0.3, -0.25) is 15.6 Å². The number of nitrogens with two attached hydrogens (primary N) is 1. The lowest BCUT2D eigenvalue weighted by molar-refractivity contribution is 0.103. The molecule has 23 heavy (non-hydrogen) atoms. The van der Waals surface area contributed by atoms with Crippen molar-refractivity contribution in [2.75, 3.05) is 5.43 Å². The molecule has 0 saturated heterocycles. The number of halogens is 1. The van der Waals surface area contributed by atoms with Gasteiger partial charge in [-0.1, -0.05) is 36.4 Å². The standard InChI is InChI=1S/C16H12FN5O/c17-12-8-4-7-11(15(23)10-5-2-1-3-6-10)14(12)22-21-13(9-18)16(19)20/h1-8,22H,(H3,19,20)/b21-13+. The molecule has 0 aliphatic rings. The van der Waals surface area contributed by atoms with E-state index in [0.717, 1.165) is 6.07 Å². The Labute approximate surface area is 131 Å². The molecule has 0 bridgehead atoms. The first-order valence-corrected chi connectivity index (χ1v) is 6.51. The number of nitriles is 1.